The van der Waals surface area contributed by atoms with E-state index in [1.807, 2.05) is 17.0 Å². The second-order valence-electron chi connectivity index (χ2n) is 10.7. The zero-order valence-corrected chi connectivity index (χ0v) is 23.4. The van der Waals surface area contributed by atoms with Crippen molar-refractivity contribution in [2.75, 3.05) is 44.2 Å². The molecule has 2 fully saturated rings. The van der Waals surface area contributed by atoms with E-state index in [9.17, 15) is 31.5 Å². The molecule has 2 saturated heterocycles. The number of benzene rings is 1. The highest BCUT2D eigenvalue weighted by Crippen LogP contribution is 2.35. The van der Waals surface area contributed by atoms with Crippen LogP contribution in [0.15, 0.2) is 67.1 Å². The molecule has 0 spiro atoms. The van der Waals surface area contributed by atoms with Gasteiger partial charge in [0.05, 0.1) is 17.7 Å². The van der Waals surface area contributed by atoms with Gasteiger partial charge in [-0.3, -0.25) is 14.6 Å². The number of carbonyl (C=O) groups is 2. The maximum absolute atomic E-state index is 14.4. The van der Waals surface area contributed by atoms with Crippen molar-refractivity contribution < 1.29 is 36.3 Å². The normalized spacial score (nSPS) is 19.7. The fourth-order valence-electron chi connectivity index (χ4n) is 5.52. The molecule has 0 N–H and O–H groups in total. The first-order valence-corrected chi connectivity index (χ1v) is 13.8. The summed E-state index contributed by atoms with van der Waals surface area (Å²) >= 11 is 0. The molecule has 228 valence electrons. The second-order valence-corrected chi connectivity index (χ2v) is 10.7. The van der Waals surface area contributed by atoms with Gasteiger partial charge in [-0.2, -0.15) is 13.2 Å². The fraction of sp³-hybridized carbons (Fsp3) is 0.400. The maximum Gasteiger partial charge on any atom is 0.416 e. The van der Waals surface area contributed by atoms with Crippen LogP contribution in [0.25, 0.3) is 0 Å². The van der Waals surface area contributed by atoms with Gasteiger partial charge in [0.15, 0.2) is 0 Å². The highest BCUT2D eigenvalue weighted by molar-refractivity contribution is 5.96. The van der Waals surface area contributed by atoms with Crippen LogP contribution in [-0.2, 0) is 16.9 Å². The Labute approximate surface area is 245 Å². The smallest absolute Gasteiger partial charge is 0.416 e. The van der Waals surface area contributed by atoms with Gasteiger partial charge in [0.25, 0.3) is 17.7 Å². The number of carbonyl (C=O) groups excluding carboxylic acids is 2. The molecule has 2 amide bonds. The Kier molecular flexibility index (Phi) is 8.26. The zero-order valence-electron chi connectivity index (χ0n) is 23.4. The molecule has 1 atom stereocenters. The van der Waals surface area contributed by atoms with Crippen LogP contribution < -0.4 is 9.64 Å². The monoisotopic (exact) mass is 603 g/mol. The lowest BCUT2D eigenvalue weighted by Gasteiger charge is -2.45. The maximum atomic E-state index is 14.4. The van der Waals surface area contributed by atoms with Crippen LogP contribution in [0.4, 0.5) is 27.8 Å². The molecule has 2 aliphatic rings. The third-order valence-electron chi connectivity index (χ3n) is 7.69. The lowest BCUT2D eigenvalue weighted by molar-refractivity contribution is -0.153. The summed E-state index contributed by atoms with van der Waals surface area (Å²) < 4.78 is 74.5. The van der Waals surface area contributed by atoms with Crippen LogP contribution >= 0.6 is 0 Å². The number of nitrogens with zero attached hydrogens (tertiary/aromatic N) is 5. The molecular weight excluding hydrogens is 573 g/mol. The number of alkyl halides is 5. The number of pyridine rings is 2. The molecule has 5 rings (SSSR count). The lowest BCUT2D eigenvalue weighted by Crippen LogP contribution is -2.64. The Morgan fingerprint density at radius 2 is 1.60 bits per heavy atom. The van der Waals surface area contributed by atoms with E-state index in [4.69, 9.17) is 4.74 Å². The van der Waals surface area contributed by atoms with E-state index in [-0.39, 0.29) is 30.8 Å². The average molecular weight is 604 g/mol. The molecule has 4 heterocycles. The van der Waals surface area contributed by atoms with Gasteiger partial charge in [0.2, 0.25) is 5.60 Å². The number of piperazine rings is 1. The lowest BCUT2D eigenvalue weighted by atomic mass is 9.89. The number of hydrogen-bond acceptors (Lipinski definition) is 6. The Morgan fingerprint density at radius 1 is 0.884 bits per heavy atom. The van der Waals surface area contributed by atoms with Crippen LogP contribution in [0.3, 0.4) is 0 Å². The zero-order chi connectivity index (χ0) is 30.8. The molecule has 2 aromatic heterocycles. The van der Waals surface area contributed by atoms with E-state index in [2.05, 4.69) is 9.97 Å². The number of amides is 2. The quantitative estimate of drug-likeness (QED) is 0.369. The van der Waals surface area contributed by atoms with Gasteiger partial charge in [-0.05, 0) is 55.3 Å². The first-order valence-electron chi connectivity index (χ1n) is 13.8. The molecule has 0 bridgehead atoms. The Balaban J connectivity index is 1.43. The molecule has 3 aromatic rings. The van der Waals surface area contributed by atoms with Crippen molar-refractivity contribution in [3.63, 3.8) is 0 Å². The minimum atomic E-state index is -4.56. The minimum Gasteiger partial charge on any atom is -0.476 e. The van der Waals surface area contributed by atoms with Gasteiger partial charge >= 0.3 is 6.18 Å². The molecule has 43 heavy (non-hydrogen) atoms. The number of hydrogen-bond donors (Lipinski definition) is 0. The van der Waals surface area contributed by atoms with Gasteiger partial charge in [-0.15, -0.1) is 0 Å². The topological polar surface area (TPSA) is 78.9 Å². The fourth-order valence-corrected chi connectivity index (χ4v) is 5.52. The number of piperidine rings is 1. The Hall–Kier alpha value is -4.29. The summed E-state index contributed by atoms with van der Waals surface area (Å²) in [4.78, 5) is 40.9. The minimum absolute atomic E-state index is 0.0185. The van der Waals surface area contributed by atoms with E-state index in [0.29, 0.717) is 39.5 Å². The summed E-state index contributed by atoms with van der Waals surface area (Å²) in [5.41, 5.74) is -3.32. The van der Waals surface area contributed by atoms with Gasteiger partial charge in [0.1, 0.15) is 11.6 Å². The molecule has 0 saturated carbocycles. The number of anilines is 1. The van der Waals surface area contributed by atoms with Crippen LogP contribution in [0.1, 0.15) is 41.3 Å². The predicted molar refractivity (Wildman–Crippen MR) is 147 cm³/mol. The number of halogens is 5. The van der Waals surface area contributed by atoms with Crippen LogP contribution in [0, 0.1) is 0 Å². The molecule has 1 unspecified atom stereocenters. The average Bonchev–Trinajstić information content (AvgIpc) is 3.00. The van der Waals surface area contributed by atoms with Gasteiger partial charge in [0, 0.05) is 63.8 Å². The van der Waals surface area contributed by atoms with E-state index in [1.165, 1.54) is 11.1 Å². The van der Waals surface area contributed by atoms with E-state index < -0.39 is 40.6 Å². The number of aromatic nitrogens is 2. The van der Waals surface area contributed by atoms with Crippen molar-refractivity contribution in [3.05, 3.63) is 83.8 Å². The molecule has 0 radical (unpaired) electrons. The molecular formula is C30H30F5N5O3. The van der Waals surface area contributed by atoms with Crippen LogP contribution in [-0.4, -0.2) is 76.5 Å². The number of likely N-dealkylation sites (tertiary alicyclic amines) is 1. The molecule has 1 aromatic carbocycles. The molecule has 0 aliphatic carbocycles. The highest BCUT2D eigenvalue weighted by Gasteiger charge is 2.49. The number of rotatable bonds is 6. The molecule has 2 aliphatic heterocycles. The predicted octanol–water partition coefficient (Wildman–Crippen LogP) is 5.01. The summed E-state index contributed by atoms with van der Waals surface area (Å²) in [5.74, 6) is -3.71. The summed E-state index contributed by atoms with van der Waals surface area (Å²) in [6, 6.07) is 10.6. The summed E-state index contributed by atoms with van der Waals surface area (Å²) in [6.45, 7) is 2.16. The Morgan fingerprint density at radius 3 is 2.23 bits per heavy atom. The molecule has 13 heteroatoms. The number of ether oxygens (including phenoxy) is 1. The Bertz CT molecular complexity index is 1440. The van der Waals surface area contributed by atoms with Crippen molar-refractivity contribution in [2.45, 2.75) is 37.5 Å². The summed E-state index contributed by atoms with van der Waals surface area (Å²) in [6.07, 6.45) is -0.177. The van der Waals surface area contributed by atoms with Crippen LogP contribution in [0.5, 0.6) is 5.75 Å². The molecule has 8 nitrogen and oxygen atoms in total. The largest absolute Gasteiger partial charge is 0.476 e. The van der Waals surface area contributed by atoms with Crippen LogP contribution in [0.2, 0.25) is 0 Å². The van der Waals surface area contributed by atoms with Gasteiger partial charge in [-0.25, -0.2) is 13.8 Å². The summed E-state index contributed by atoms with van der Waals surface area (Å²) in [7, 11) is 0. The second kappa shape index (κ2) is 11.8. The third kappa shape index (κ3) is 6.55. The first kappa shape index (κ1) is 30.2. The SMILES string of the molecule is CC(F)(F)c1ccncc1C(=O)N1CCCC(Oc2ccc(C(F)(F)F)cc2)(C(=O)N2CCN(c3ccccn3)CC2)C1. The van der Waals surface area contributed by atoms with Crippen molar-refractivity contribution in [2.24, 2.45) is 0 Å². The van der Waals surface area contributed by atoms with Gasteiger partial charge < -0.3 is 19.4 Å². The standard InChI is InChI=1S/C30H30F5N5O3/c1-28(31,32)24-10-13-36-19-23(24)26(41)40-14-4-11-29(20-40,43-22-8-6-21(7-9-22)30(33,34)35)27(42)39-17-15-38(16-18-39)25-5-2-3-12-37-25/h2-3,5-10,12-13,19H,4,11,14-18,20H2,1H3. The first-order chi connectivity index (χ1) is 20.4. The van der Waals surface area contributed by atoms with E-state index in [1.54, 1.807) is 17.2 Å². The third-order valence-corrected chi connectivity index (χ3v) is 7.69. The summed E-state index contributed by atoms with van der Waals surface area (Å²) in [5, 5.41) is 0. The van der Waals surface area contributed by atoms with E-state index >= 15 is 0 Å². The van der Waals surface area contributed by atoms with Crippen molar-refractivity contribution in [1.29, 1.82) is 0 Å². The van der Waals surface area contributed by atoms with Crippen molar-refractivity contribution >= 4 is 17.6 Å². The van der Waals surface area contributed by atoms with Crippen molar-refractivity contribution in [1.82, 2.24) is 19.8 Å². The highest BCUT2D eigenvalue weighted by atomic mass is 19.4. The van der Waals surface area contributed by atoms with Crippen molar-refractivity contribution in [3.8, 4) is 5.75 Å². The van der Waals surface area contributed by atoms with E-state index in [0.717, 1.165) is 42.3 Å². The van der Waals surface area contributed by atoms with Gasteiger partial charge in [-0.1, -0.05) is 6.07 Å².